The number of ether oxygens (including phenoxy) is 1. The smallest absolute Gasteiger partial charge is 0.228 e. The van der Waals surface area contributed by atoms with Crippen LogP contribution >= 0.6 is 0 Å². The van der Waals surface area contributed by atoms with Crippen LogP contribution in [-0.4, -0.2) is 71.5 Å². The van der Waals surface area contributed by atoms with E-state index in [-0.39, 0.29) is 23.7 Å². The lowest BCUT2D eigenvalue weighted by molar-refractivity contribution is -0.143. The Morgan fingerprint density at radius 1 is 1.32 bits per heavy atom. The fourth-order valence-corrected chi connectivity index (χ4v) is 3.95. The van der Waals surface area contributed by atoms with E-state index in [0.29, 0.717) is 25.3 Å². The van der Waals surface area contributed by atoms with Crippen molar-refractivity contribution < 1.29 is 14.3 Å². The summed E-state index contributed by atoms with van der Waals surface area (Å²) in [5, 5.41) is 0. The van der Waals surface area contributed by atoms with Gasteiger partial charge in [0, 0.05) is 63.7 Å². The summed E-state index contributed by atoms with van der Waals surface area (Å²) >= 11 is 0. The van der Waals surface area contributed by atoms with Crippen LogP contribution < -0.4 is 0 Å². The summed E-state index contributed by atoms with van der Waals surface area (Å²) in [6.45, 7) is 3.42. The first-order chi connectivity index (χ1) is 12.1. The molecule has 0 saturated carbocycles. The molecular formula is C18H26N4O3. The van der Waals surface area contributed by atoms with Crippen molar-refractivity contribution in [2.45, 2.75) is 32.1 Å². The number of piperidine rings is 2. The molecule has 2 fully saturated rings. The van der Waals surface area contributed by atoms with Crippen molar-refractivity contribution in [1.29, 1.82) is 0 Å². The molecule has 136 valence electrons. The van der Waals surface area contributed by atoms with Crippen LogP contribution in [0.4, 0.5) is 0 Å². The molecule has 1 aromatic heterocycles. The van der Waals surface area contributed by atoms with E-state index >= 15 is 0 Å². The highest BCUT2D eigenvalue weighted by Crippen LogP contribution is 2.38. The molecule has 2 aliphatic heterocycles. The van der Waals surface area contributed by atoms with Gasteiger partial charge < -0.3 is 14.5 Å². The molecule has 0 N–H and O–H groups in total. The van der Waals surface area contributed by atoms with E-state index in [1.54, 1.807) is 25.7 Å². The summed E-state index contributed by atoms with van der Waals surface area (Å²) in [6.07, 6.45) is 8.63. The summed E-state index contributed by atoms with van der Waals surface area (Å²) in [6, 6.07) is 0. The molecule has 25 heavy (non-hydrogen) atoms. The third-order valence-corrected chi connectivity index (χ3v) is 5.28. The first-order valence-electron chi connectivity index (χ1n) is 8.91. The Hall–Kier alpha value is -2.02. The molecule has 0 aliphatic carbocycles. The Balaban J connectivity index is 1.63. The van der Waals surface area contributed by atoms with Crippen molar-refractivity contribution >= 4 is 11.8 Å². The number of nitrogens with zero attached hydrogens (tertiary/aromatic N) is 4. The van der Waals surface area contributed by atoms with Crippen LogP contribution in [0.2, 0.25) is 0 Å². The van der Waals surface area contributed by atoms with Crippen molar-refractivity contribution in [2.75, 3.05) is 39.9 Å². The van der Waals surface area contributed by atoms with Gasteiger partial charge in [-0.1, -0.05) is 0 Å². The van der Waals surface area contributed by atoms with E-state index < -0.39 is 0 Å². The molecule has 3 heterocycles. The molecule has 7 heteroatoms. The lowest BCUT2D eigenvalue weighted by Gasteiger charge is -2.48. The highest BCUT2D eigenvalue weighted by atomic mass is 16.5. The summed E-state index contributed by atoms with van der Waals surface area (Å²) in [5.74, 6) is 0.297. The molecule has 2 amide bonds. The van der Waals surface area contributed by atoms with Crippen molar-refractivity contribution in [2.24, 2.45) is 5.41 Å². The van der Waals surface area contributed by atoms with Gasteiger partial charge in [-0.05, 0) is 19.3 Å². The third-order valence-electron chi connectivity index (χ3n) is 5.28. The normalized spacial score (nSPS) is 24.0. The van der Waals surface area contributed by atoms with Gasteiger partial charge in [0.05, 0.1) is 18.7 Å². The average Bonchev–Trinajstić information content (AvgIpc) is 2.64. The van der Waals surface area contributed by atoms with Crippen LogP contribution in [0.15, 0.2) is 18.6 Å². The van der Waals surface area contributed by atoms with Gasteiger partial charge in [0.25, 0.3) is 0 Å². The van der Waals surface area contributed by atoms with E-state index in [0.717, 1.165) is 38.9 Å². The van der Waals surface area contributed by atoms with Gasteiger partial charge in [0.15, 0.2) is 0 Å². The first kappa shape index (κ1) is 17.8. The second-order valence-corrected chi connectivity index (χ2v) is 7.10. The molecule has 0 radical (unpaired) electrons. The number of rotatable bonds is 5. The molecule has 7 nitrogen and oxygen atoms in total. The van der Waals surface area contributed by atoms with Crippen molar-refractivity contribution in [3.63, 3.8) is 0 Å². The van der Waals surface area contributed by atoms with E-state index in [9.17, 15) is 9.59 Å². The molecule has 2 aliphatic rings. The summed E-state index contributed by atoms with van der Waals surface area (Å²) in [7, 11) is 1.65. The van der Waals surface area contributed by atoms with Crippen LogP contribution in [0.3, 0.4) is 0 Å². The minimum Gasteiger partial charge on any atom is -0.383 e. The average molecular weight is 346 g/mol. The Morgan fingerprint density at radius 2 is 2.20 bits per heavy atom. The molecule has 1 atom stereocenters. The second kappa shape index (κ2) is 7.91. The van der Waals surface area contributed by atoms with Crippen molar-refractivity contribution in [3.05, 3.63) is 24.3 Å². The standard InChI is InChI=1S/C18H26N4O3/c1-25-10-9-22-14-18(5-3-16(22)23)4-2-8-21(13-18)17(24)11-15-12-19-6-7-20-15/h6-7,12H,2-5,8-11,13-14H2,1H3/t18-/m0/s1. The maximum atomic E-state index is 12.7. The van der Waals surface area contributed by atoms with Crippen LogP contribution in [0.5, 0.6) is 0 Å². The van der Waals surface area contributed by atoms with Gasteiger partial charge in [-0.15, -0.1) is 0 Å². The molecular weight excluding hydrogens is 320 g/mol. The Morgan fingerprint density at radius 3 is 2.96 bits per heavy atom. The maximum absolute atomic E-state index is 12.7. The van der Waals surface area contributed by atoms with Gasteiger partial charge in [0.1, 0.15) is 0 Å². The Bertz CT molecular complexity index is 610. The molecule has 1 spiro atoms. The fraction of sp³-hybridized carbons (Fsp3) is 0.667. The third kappa shape index (κ3) is 4.34. The number of amides is 2. The lowest BCUT2D eigenvalue weighted by atomic mass is 9.73. The molecule has 0 unspecified atom stereocenters. The van der Waals surface area contributed by atoms with Gasteiger partial charge in [0.2, 0.25) is 11.8 Å². The lowest BCUT2D eigenvalue weighted by Crippen LogP contribution is -2.55. The molecule has 2 saturated heterocycles. The second-order valence-electron chi connectivity index (χ2n) is 7.10. The number of methoxy groups -OCH3 is 1. The van der Waals surface area contributed by atoms with Crippen LogP contribution in [0.25, 0.3) is 0 Å². The number of carbonyl (C=O) groups excluding carboxylic acids is 2. The quantitative estimate of drug-likeness (QED) is 0.792. The van der Waals surface area contributed by atoms with E-state index in [1.165, 1.54) is 0 Å². The molecule has 0 bridgehead atoms. The minimum absolute atomic E-state index is 0.0257. The number of aromatic nitrogens is 2. The van der Waals surface area contributed by atoms with Gasteiger partial charge in [-0.2, -0.15) is 0 Å². The van der Waals surface area contributed by atoms with E-state index in [1.807, 2.05) is 9.80 Å². The highest BCUT2D eigenvalue weighted by molar-refractivity contribution is 5.79. The zero-order valence-electron chi connectivity index (χ0n) is 14.8. The topological polar surface area (TPSA) is 75.6 Å². The number of carbonyl (C=O) groups is 2. The molecule has 3 rings (SSSR count). The SMILES string of the molecule is COCCN1C[C@@]2(CCCN(C(=O)Cc3cnccn3)C2)CCC1=O. The summed E-state index contributed by atoms with van der Waals surface area (Å²) in [4.78, 5) is 36.9. The van der Waals surface area contributed by atoms with Gasteiger partial charge in [-0.25, -0.2) is 0 Å². The van der Waals surface area contributed by atoms with Crippen molar-refractivity contribution in [1.82, 2.24) is 19.8 Å². The number of hydrogen-bond acceptors (Lipinski definition) is 5. The van der Waals surface area contributed by atoms with Crippen LogP contribution in [-0.2, 0) is 20.7 Å². The minimum atomic E-state index is 0.0257. The Kier molecular flexibility index (Phi) is 5.63. The number of likely N-dealkylation sites (tertiary alicyclic amines) is 2. The van der Waals surface area contributed by atoms with Crippen LogP contribution in [0.1, 0.15) is 31.4 Å². The van der Waals surface area contributed by atoms with Crippen molar-refractivity contribution in [3.8, 4) is 0 Å². The maximum Gasteiger partial charge on any atom is 0.228 e. The van der Waals surface area contributed by atoms with E-state index in [2.05, 4.69) is 9.97 Å². The summed E-state index contributed by atoms with van der Waals surface area (Å²) in [5.41, 5.74) is 0.727. The predicted octanol–water partition coefficient (Wildman–Crippen LogP) is 0.897. The largest absolute Gasteiger partial charge is 0.383 e. The molecule has 1 aromatic rings. The van der Waals surface area contributed by atoms with Gasteiger partial charge in [-0.3, -0.25) is 19.6 Å². The van der Waals surface area contributed by atoms with Crippen LogP contribution in [0, 0.1) is 5.41 Å². The zero-order chi connectivity index (χ0) is 17.7. The predicted molar refractivity (Wildman–Crippen MR) is 91.7 cm³/mol. The monoisotopic (exact) mass is 346 g/mol. The summed E-state index contributed by atoms with van der Waals surface area (Å²) < 4.78 is 5.12. The first-order valence-corrected chi connectivity index (χ1v) is 8.91. The molecule has 0 aromatic carbocycles. The highest BCUT2D eigenvalue weighted by Gasteiger charge is 2.42. The zero-order valence-corrected chi connectivity index (χ0v) is 14.8. The number of hydrogen-bond donors (Lipinski definition) is 0. The Labute approximate surface area is 148 Å². The van der Waals surface area contributed by atoms with Gasteiger partial charge >= 0.3 is 0 Å². The van der Waals surface area contributed by atoms with E-state index in [4.69, 9.17) is 4.74 Å². The fourth-order valence-electron chi connectivity index (χ4n) is 3.95.